The number of hydrogen-bond donors (Lipinski definition) is 1. The van der Waals surface area contributed by atoms with Gasteiger partial charge in [0, 0.05) is 30.3 Å². The van der Waals surface area contributed by atoms with Crippen molar-refractivity contribution in [2.24, 2.45) is 0 Å². The fourth-order valence-corrected chi connectivity index (χ4v) is 3.03. The van der Waals surface area contributed by atoms with Gasteiger partial charge in [-0.05, 0) is 30.7 Å². The maximum Gasteiger partial charge on any atom is 0.247 e. The van der Waals surface area contributed by atoms with Gasteiger partial charge in [-0.15, -0.1) is 0 Å². The van der Waals surface area contributed by atoms with E-state index >= 15 is 0 Å². The molecule has 3 rings (SSSR count). The van der Waals surface area contributed by atoms with E-state index in [0.29, 0.717) is 17.7 Å². The number of rotatable bonds is 3. The van der Waals surface area contributed by atoms with Crippen molar-refractivity contribution in [2.45, 2.75) is 26.3 Å². The predicted octanol–water partition coefficient (Wildman–Crippen LogP) is 2.81. The lowest BCUT2D eigenvalue weighted by atomic mass is 10.1. The number of nitrogens with one attached hydrogen (secondary N) is 1. The Hall–Kier alpha value is -2.95. The van der Waals surface area contributed by atoms with E-state index in [1.165, 1.54) is 18.7 Å². The molecule has 2 aromatic rings. The number of anilines is 2. The van der Waals surface area contributed by atoms with Crippen molar-refractivity contribution in [1.29, 1.82) is 0 Å². The van der Waals surface area contributed by atoms with Gasteiger partial charge in [0.1, 0.15) is 6.04 Å². The first-order valence-corrected chi connectivity index (χ1v) is 7.77. The van der Waals surface area contributed by atoms with Crippen molar-refractivity contribution < 1.29 is 14.4 Å². The third-order valence-electron chi connectivity index (χ3n) is 4.15. The molecular weight excluding hydrogens is 304 g/mol. The minimum atomic E-state index is -0.583. The molecule has 1 N–H and O–H groups in total. The van der Waals surface area contributed by atoms with Gasteiger partial charge in [0.05, 0.1) is 0 Å². The average Bonchev–Trinajstić information content (AvgIpc) is 2.95. The fourth-order valence-electron chi connectivity index (χ4n) is 3.03. The molecule has 0 unspecified atom stereocenters. The summed E-state index contributed by atoms with van der Waals surface area (Å²) in [6.45, 7) is 2.94. The SMILES string of the molecule is CC(=O)c1cccc(NC(=O)[C@@H]2Cc3ccccc3N2C(C)=O)c1. The van der Waals surface area contributed by atoms with Crippen LogP contribution in [0.4, 0.5) is 11.4 Å². The molecule has 0 bridgehead atoms. The van der Waals surface area contributed by atoms with E-state index in [2.05, 4.69) is 5.32 Å². The van der Waals surface area contributed by atoms with Crippen LogP contribution in [0, 0.1) is 0 Å². The third kappa shape index (κ3) is 2.93. The van der Waals surface area contributed by atoms with Gasteiger partial charge >= 0.3 is 0 Å². The van der Waals surface area contributed by atoms with E-state index < -0.39 is 6.04 Å². The summed E-state index contributed by atoms with van der Waals surface area (Å²) >= 11 is 0. The second-order valence-electron chi connectivity index (χ2n) is 5.86. The molecule has 0 saturated heterocycles. The van der Waals surface area contributed by atoms with E-state index in [1.807, 2.05) is 24.3 Å². The van der Waals surface area contributed by atoms with Gasteiger partial charge in [0.2, 0.25) is 11.8 Å². The average molecular weight is 322 g/mol. The maximum atomic E-state index is 12.7. The number of amides is 2. The van der Waals surface area contributed by atoms with Crippen molar-refractivity contribution in [2.75, 3.05) is 10.2 Å². The van der Waals surface area contributed by atoms with Crippen molar-refractivity contribution in [3.63, 3.8) is 0 Å². The van der Waals surface area contributed by atoms with Crippen LogP contribution < -0.4 is 10.2 Å². The summed E-state index contributed by atoms with van der Waals surface area (Å²) in [6, 6.07) is 13.7. The number of hydrogen-bond acceptors (Lipinski definition) is 3. The molecular formula is C19H18N2O3. The van der Waals surface area contributed by atoms with Crippen molar-refractivity contribution in [3.8, 4) is 0 Å². The molecule has 0 saturated carbocycles. The van der Waals surface area contributed by atoms with Gasteiger partial charge in [0.15, 0.2) is 5.78 Å². The minimum Gasteiger partial charge on any atom is -0.324 e. The first-order valence-electron chi connectivity index (χ1n) is 7.77. The van der Waals surface area contributed by atoms with E-state index in [9.17, 15) is 14.4 Å². The Morgan fingerprint density at radius 1 is 1.04 bits per heavy atom. The quantitative estimate of drug-likeness (QED) is 0.884. The largest absolute Gasteiger partial charge is 0.324 e. The van der Waals surface area contributed by atoms with Crippen LogP contribution in [0.25, 0.3) is 0 Å². The Labute approximate surface area is 140 Å². The molecule has 5 heteroatoms. The molecule has 0 aromatic heterocycles. The van der Waals surface area contributed by atoms with Gasteiger partial charge < -0.3 is 5.32 Å². The molecule has 122 valence electrons. The predicted molar refractivity (Wildman–Crippen MR) is 92.2 cm³/mol. The van der Waals surface area contributed by atoms with Crippen LogP contribution in [0.5, 0.6) is 0 Å². The smallest absolute Gasteiger partial charge is 0.247 e. The summed E-state index contributed by atoms with van der Waals surface area (Å²) in [6.07, 6.45) is 0.480. The molecule has 0 spiro atoms. The minimum absolute atomic E-state index is 0.0651. The van der Waals surface area contributed by atoms with Gasteiger partial charge in [0.25, 0.3) is 0 Å². The molecule has 1 atom stereocenters. The highest BCUT2D eigenvalue weighted by Crippen LogP contribution is 2.32. The molecule has 0 radical (unpaired) electrons. The molecule has 0 fully saturated rings. The monoisotopic (exact) mass is 322 g/mol. The second-order valence-corrected chi connectivity index (χ2v) is 5.86. The Kier molecular flexibility index (Phi) is 4.16. The number of benzene rings is 2. The number of nitrogens with zero attached hydrogens (tertiary/aromatic N) is 1. The van der Waals surface area contributed by atoms with Gasteiger partial charge in [-0.2, -0.15) is 0 Å². The molecule has 1 heterocycles. The Balaban J connectivity index is 1.84. The number of ketones is 1. The lowest BCUT2D eigenvalue weighted by molar-refractivity contribution is -0.122. The molecule has 0 aliphatic carbocycles. The first-order chi connectivity index (χ1) is 11.5. The highest BCUT2D eigenvalue weighted by atomic mass is 16.2. The van der Waals surface area contributed by atoms with E-state index in [1.54, 1.807) is 24.3 Å². The lowest BCUT2D eigenvalue weighted by Crippen LogP contribution is -2.44. The standard InChI is InChI=1S/C19H18N2O3/c1-12(22)14-7-5-8-16(10-14)20-19(24)18-11-15-6-3-4-9-17(15)21(18)13(2)23/h3-10,18H,11H2,1-2H3,(H,20,24)/t18-/m0/s1. The van der Waals surface area contributed by atoms with E-state index in [-0.39, 0.29) is 17.6 Å². The van der Waals surface area contributed by atoms with Crippen LogP contribution in [0.3, 0.4) is 0 Å². The van der Waals surface area contributed by atoms with Gasteiger partial charge in [-0.3, -0.25) is 19.3 Å². The normalized spacial score (nSPS) is 15.8. The van der Waals surface area contributed by atoms with Gasteiger partial charge in [-0.1, -0.05) is 30.3 Å². The highest BCUT2D eigenvalue weighted by Gasteiger charge is 2.36. The van der Waals surface area contributed by atoms with Crippen molar-refractivity contribution >= 4 is 29.0 Å². The maximum absolute atomic E-state index is 12.7. The van der Waals surface area contributed by atoms with Crippen LogP contribution in [0.1, 0.15) is 29.8 Å². The van der Waals surface area contributed by atoms with E-state index in [0.717, 1.165) is 11.3 Å². The summed E-state index contributed by atoms with van der Waals surface area (Å²) in [4.78, 5) is 37.7. The van der Waals surface area contributed by atoms with Crippen molar-refractivity contribution in [1.82, 2.24) is 0 Å². The van der Waals surface area contributed by atoms with Crippen LogP contribution in [0.2, 0.25) is 0 Å². The number of carbonyl (C=O) groups is 3. The Morgan fingerprint density at radius 2 is 1.79 bits per heavy atom. The molecule has 2 aromatic carbocycles. The van der Waals surface area contributed by atoms with Gasteiger partial charge in [-0.25, -0.2) is 0 Å². The zero-order valence-electron chi connectivity index (χ0n) is 13.6. The van der Waals surface area contributed by atoms with Crippen LogP contribution in [-0.4, -0.2) is 23.6 Å². The third-order valence-corrected chi connectivity index (χ3v) is 4.15. The number of carbonyl (C=O) groups excluding carboxylic acids is 3. The van der Waals surface area contributed by atoms with E-state index in [4.69, 9.17) is 0 Å². The Bertz CT molecular complexity index is 829. The fraction of sp³-hybridized carbons (Fsp3) is 0.211. The van der Waals surface area contributed by atoms with Crippen LogP contribution in [0.15, 0.2) is 48.5 Å². The number of Topliss-reactive ketones (excluding diaryl/α,β-unsaturated/α-hetero) is 1. The first kappa shape index (κ1) is 15.9. The molecule has 24 heavy (non-hydrogen) atoms. The summed E-state index contributed by atoms with van der Waals surface area (Å²) in [7, 11) is 0. The molecule has 1 aliphatic heterocycles. The number of para-hydroxylation sites is 1. The topological polar surface area (TPSA) is 66.5 Å². The summed E-state index contributed by atoms with van der Waals surface area (Å²) in [5, 5.41) is 2.81. The molecule has 1 aliphatic rings. The zero-order valence-corrected chi connectivity index (χ0v) is 13.6. The lowest BCUT2D eigenvalue weighted by Gasteiger charge is -2.23. The molecule has 5 nitrogen and oxygen atoms in total. The Morgan fingerprint density at radius 3 is 2.50 bits per heavy atom. The summed E-state index contributed by atoms with van der Waals surface area (Å²) in [5.74, 6) is -0.496. The van der Waals surface area contributed by atoms with Crippen molar-refractivity contribution in [3.05, 3.63) is 59.7 Å². The number of fused-ring (bicyclic) bond motifs is 1. The zero-order chi connectivity index (χ0) is 17.3. The summed E-state index contributed by atoms with van der Waals surface area (Å²) < 4.78 is 0. The van der Waals surface area contributed by atoms with Crippen LogP contribution >= 0.6 is 0 Å². The molecule has 2 amide bonds. The van der Waals surface area contributed by atoms with Crippen LogP contribution in [-0.2, 0) is 16.0 Å². The highest BCUT2D eigenvalue weighted by molar-refractivity contribution is 6.07. The summed E-state index contributed by atoms with van der Waals surface area (Å²) in [5.41, 5.74) is 2.84. The second kappa shape index (κ2) is 6.28.